The highest BCUT2D eigenvalue weighted by molar-refractivity contribution is 5.21. The first-order valence-corrected chi connectivity index (χ1v) is 6.25. The predicted octanol–water partition coefficient (Wildman–Crippen LogP) is 2.82. The standard InChI is InChI=1S/C16H19NO/c1-13-7-9-14(10-8-13)11-17-12-16(18)15-5-3-2-4-6-15/h2-10,16-18H,11-12H2,1H3/t16-/m1/s1. The summed E-state index contributed by atoms with van der Waals surface area (Å²) in [7, 11) is 0. The normalized spacial score (nSPS) is 12.3. The maximum Gasteiger partial charge on any atom is 0.0914 e. The summed E-state index contributed by atoms with van der Waals surface area (Å²) >= 11 is 0. The summed E-state index contributed by atoms with van der Waals surface area (Å²) < 4.78 is 0. The van der Waals surface area contributed by atoms with Crippen LogP contribution in [0.25, 0.3) is 0 Å². The Balaban J connectivity index is 1.80. The molecule has 2 aromatic carbocycles. The van der Waals surface area contributed by atoms with Crippen molar-refractivity contribution in [1.29, 1.82) is 0 Å². The molecule has 0 aliphatic heterocycles. The van der Waals surface area contributed by atoms with Gasteiger partial charge in [-0.1, -0.05) is 60.2 Å². The Morgan fingerprint density at radius 3 is 2.33 bits per heavy atom. The minimum atomic E-state index is -0.448. The van der Waals surface area contributed by atoms with Crippen molar-refractivity contribution in [3.05, 3.63) is 71.3 Å². The summed E-state index contributed by atoms with van der Waals surface area (Å²) in [5, 5.41) is 13.2. The molecule has 0 unspecified atom stereocenters. The first-order valence-electron chi connectivity index (χ1n) is 6.25. The van der Waals surface area contributed by atoms with Gasteiger partial charge in [0.15, 0.2) is 0 Å². The van der Waals surface area contributed by atoms with E-state index in [0.29, 0.717) is 6.54 Å². The van der Waals surface area contributed by atoms with Gasteiger partial charge in [0, 0.05) is 13.1 Å². The zero-order valence-electron chi connectivity index (χ0n) is 10.6. The van der Waals surface area contributed by atoms with Crippen LogP contribution in [0.5, 0.6) is 0 Å². The third-order valence-corrected chi connectivity index (χ3v) is 2.97. The van der Waals surface area contributed by atoms with E-state index in [-0.39, 0.29) is 0 Å². The minimum absolute atomic E-state index is 0.448. The summed E-state index contributed by atoms with van der Waals surface area (Å²) in [6.45, 7) is 3.43. The highest BCUT2D eigenvalue weighted by Gasteiger charge is 2.05. The van der Waals surface area contributed by atoms with E-state index in [1.54, 1.807) is 0 Å². The quantitative estimate of drug-likeness (QED) is 0.843. The van der Waals surface area contributed by atoms with E-state index in [1.165, 1.54) is 11.1 Å². The Bertz CT molecular complexity index is 464. The van der Waals surface area contributed by atoms with E-state index in [2.05, 4.69) is 36.5 Å². The van der Waals surface area contributed by atoms with Crippen LogP contribution in [0.15, 0.2) is 54.6 Å². The Hall–Kier alpha value is -1.64. The fourth-order valence-corrected chi connectivity index (χ4v) is 1.85. The molecule has 2 heteroatoms. The van der Waals surface area contributed by atoms with Gasteiger partial charge in [0.25, 0.3) is 0 Å². The zero-order chi connectivity index (χ0) is 12.8. The number of hydrogen-bond donors (Lipinski definition) is 2. The van der Waals surface area contributed by atoms with Gasteiger partial charge >= 0.3 is 0 Å². The lowest BCUT2D eigenvalue weighted by Crippen LogP contribution is -2.20. The van der Waals surface area contributed by atoms with Crippen LogP contribution in [0.4, 0.5) is 0 Å². The van der Waals surface area contributed by atoms with E-state index in [0.717, 1.165) is 12.1 Å². The molecule has 0 saturated carbocycles. The number of aryl methyl sites for hydroxylation is 1. The molecule has 2 rings (SSSR count). The van der Waals surface area contributed by atoms with Crippen LogP contribution in [0.3, 0.4) is 0 Å². The second-order valence-electron chi connectivity index (χ2n) is 4.54. The van der Waals surface area contributed by atoms with Crippen LogP contribution >= 0.6 is 0 Å². The predicted molar refractivity (Wildman–Crippen MR) is 74.3 cm³/mol. The lowest BCUT2D eigenvalue weighted by Gasteiger charge is -2.12. The molecule has 0 bridgehead atoms. The van der Waals surface area contributed by atoms with Gasteiger partial charge in [0.2, 0.25) is 0 Å². The molecule has 0 spiro atoms. The molecular formula is C16H19NO. The first-order chi connectivity index (χ1) is 8.75. The van der Waals surface area contributed by atoms with E-state index < -0.39 is 6.10 Å². The Morgan fingerprint density at radius 1 is 1.00 bits per heavy atom. The van der Waals surface area contributed by atoms with Gasteiger partial charge in [-0.2, -0.15) is 0 Å². The van der Waals surface area contributed by atoms with E-state index in [4.69, 9.17) is 0 Å². The van der Waals surface area contributed by atoms with Crippen molar-refractivity contribution in [3.8, 4) is 0 Å². The van der Waals surface area contributed by atoms with Gasteiger partial charge < -0.3 is 10.4 Å². The zero-order valence-corrected chi connectivity index (χ0v) is 10.6. The van der Waals surface area contributed by atoms with Gasteiger partial charge in [-0.25, -0.2) is 0 Å². The van der Waals surface area contributed by atoms with Crippen molar-refractivity contribution in [3.63, 3.8) is 0 Å². The molecule has 2 aromatic rings. The SMILES string of the molecule is Cc1ccc(CNC[C@@H](O)c2ccccc2)cc1. The Morgan fingerprint density at radius 2 is 1.67 bits per heavy atom. The number of benzene rings is 2. The molecule has 18 heavy (non-hydrogen) atoms. The highest BCUT2D eigenvalue weighted by atomic mass is 16.3. The molecule has 0 saturated heterocycles. The number of hydrogen-bond acceptors (Lipinski definition) is 2. The maximum atomic E-state index is 9.98. The van der Waals surface area contributed by atoms with Crippen LogP contribution < -0.4 is 5.32 Å². The van der Waals surface area contributed by atoms with E-state index in [9.17, 15) is 5.11 Å². The van der Waals surface area contributed by atoms with Crippen molar-refractivity contribution in [1.82, 2.24) is 5.32 Å². The number of aliphatic hydroxyl groups excluding tert-OH is 1. The third kappa shape index (κ3) is 3.69. The van der Waals surface area contributed by atoms with Crippen LogP contribution in [0.1, 0.15) is 22.8 Å². The molecular weight excluding hydrogens is 222 g/mol. The molecule has 0 aliphatic rings. The summed E-state index contributed by atoms with van der Waals surface area (Å²) in [6, 6.07) is 18.1. The Labute approximate surface area is 108 Å². The molecule has 0 aromatic heterocycles. The molecule has 0 aliphatic carbocycles. The summed E-state index contributed by atoms with van der Waals surface area (Å²) in [4.78, 5) is 0. The number of nitrogens with one attached hydrogen (secondary N) is 1. The van der Waals surface area contributed by atoms with Crippen molar-refractivity contribution < 1.29 is 5.11 Å². The van der Waals surface area contributed by atoms with Crippen LogP contribution in [0, 0.1) is 6.92 Å². The van der Waals surface area contributed by atoms with Gasteiger partial charge in [0.05, 0.1) is 6.10 Å². The van der Waals surface area contributed by atoms with E-state index >= 15 is 0 Å². The van der Waals surface area contributed by atoms with Crippen LogP contribution in [-0.2, 0) is 6.54 Å². The Kier molecular flexibility index (Phi) is 4.51. The number of rotatable bonds is 5. The topological polar surface area (TPSA) is 32.3 Å². The molecule has 0 fully saturated rings. The first kappa shape index (κ1) is 12.8. The van der Waals surface area contributed by atoms with Crippen molar-refractivity contribution in [2.45, 2.75) is 19.6 Å². The lowest BCUT2D eigenvalue weighted by atomic mass is 10.1. The average Bonchev–Trinajstić information content (AvgIpc) is 2.42. The highest BCUT2D eigenvalue weighted by Crippen LogP contribution is 2.11. The smallest absolute Gasteiger partial charge is 0.0914 e. The average molecular weight is 241 g/mol. The van der Waals surface area contributed by atoms with Crippen molar-refractivity contribution >= 4 is 0 Å². The maximum absolute atomic E-state index is 9.98. The third-order valence-electron chi connectivity index (χ3n) is 2.97. The number of aliphatic hydroxyl groups is 1. The molecule has 2 N–H and O–H groups in total. The molecule has 94 valence electrons. The second-order valence-corrected chi connectivity index (χ2v) is 4.54. The van der Waals surface area contributed by atoms with Gasteiger partial charge in [-0.15, -0.1) is 0 Å². The molecule has 0 heterocycles. The van der Waals surface area contributed by atoms with Gasteiger partial charge in [-0.05, 0) is 18.1 Å². The van der Waals surface area contributed by atoms with Crippen molar-refractivity contribution in [2.75, 3.05) is 6.54 Å². The molecule has 1 atom stereocenters. The van der Waals surface area contributed by atoms with Gasteiger partial charge in [0.1, 0.15) is 0 Å². The molecule has 0 amide bonds. The molecule has 2 nitrogen and oxygen atoms in total. The monoisotopic (exact) mass is 241 g/mol. The lowest BCUT2D eigenvalue weighted by molar-refractivity contribution is 0.174. The second kappa shape index (κ2) is 6.34. The summed E-state index contributed by atoms with van der Waals surface area (Å²) in [5.41, 5.74) is 3.46. The van der Waals surface area contributed by atoms with Gasteiger partial charge in [-0.3, -0.25) is 0 Å². The summed E-state index contributed by atoms with van der Waals surface area (Å²) in [5.74, 6) is 0. The van der Waals surface area contributed by atoms with E-state index in [1.807, 2.05) is 30.3 Å². The van der Waals surface area contributed by atoms with Crippen molar-refractivity contribution in [2.24, 2.45) is 0 Å². The van der Waals surface area contributed by atoms with Crippen LogP contribution in [0.2, 0.25) is 0 Å². The fourth-order valence-electron chi connectivity index (χ4n) is 1.85. The fraction of sp³-hybridized carbons (Fsp3) is 0.250. The van der Waals surface area contributed by atoms with Crippen LogP contribution in [-0.4, -0.2) is 11.7 Å². The summed E-state index contributed by atoms with van der Waals surface area (Å²) in [6.07, 6.45) is -0.448. The largest absolute Gasteiger partial charge is 0.387 e. The minimum Gasteiger partial charge on any atom is -0.387 e. The molecule has 0 radical (unpaired) electrons.